The zero-order valence-electron chi connectivity index (χ0n) is 11.4. The molecular formula is C12H14ClFN6O. The summed E-state index contributed by atoms with van der Waals surface area (Å²) in [6.45, 7) is 3.66. The number of hydrogen-bond acceptors (Lipinski definition) is 7. The molecule has 1 aromatic carbocycles. The summed E-state index contributed by atoms with van der Waals surface area (Å²) in [7, 11) is 0. The molecule has 0 radical (unpaired) electrons. The highest BCUT2D eigenvalue weighted by Crippen LogP contribution is 2.25. The van der Waals surface area contributed by atoms with Gasteiger partial charge in [0.1, 0.15) is 5.82 Å². The van der Waals surface area contributed by atoms with Crippen molar-refractivity contribution in [3.05, 3.63) is 29.0 Å². The number of rotatable bonds is 5. The van der Waals surface area contributed by atoms with Crippen LogP contribution in [0.1, 0.15) is 13.8 Å². The lowest BCUT2D eigenvalue weighted by Crippen LogP contribution is -2.15. The van der Waals surface area contributed by atoms with Gasteiger partial charge in [-0.3, -0.25) is 5.43 Å². The van der Waals surface area contributed by atoms with Crippen LogP contribution in [0.3, 0.4) is 0 Å². The van der Waals surface area contributed by atoms with E-state index in [1.54, 1.807) is 0 Å². The molecule has 0 aliphatic heterocycles. The summed E-state index contributed by atoms with van der Waals surface area (Å²) in [5, 5.41) is 3.12. The number of ether oxygens (including phenoxy) is 1. The van der Waals surface area contributed by atoms with Crippen LogP contribution in [0.4, 0.5) is 22.0 Å². The third kappa shape index (κ3) is 4.14. The molecule has 0 fully saturated rings. The molecule has 112 valence electrons. The van der Waals surface area contributed by atoms with Gasteiger partial charge in [0.2, 0.25) is 11.9 Å². The number of nitrogens with two attached hydrogens (primary N) is 1. The first-order valence-electron chi connectivity index (χ1n) is 6.09. The Morgan fingerprint density at radius 2 is 1.95 bits per heavy atom. The van der Waals surface area contributed by atoms with Gasteiger partial charge in [-0.05, 0) is 32.0 Å². The van der Waals surface area contributed by atoms with Gasteiger partial charge in [0, 0.05) is 0 Å². The molecule has 0 spiro atoms. The molecule has 0 unspecified atom stereocenters. The van der Waals surface area contributed by atoms with E-state index in [1.165, 1.54) is 18.2 Å². The van der Waals surface area contributed by atoms with E-state index >= 15 is 0 Å². The van der Waals surface area contributed by atoms with Crippen LogP contribution in [0, 0.1) is 5.82 Å². The zero-order chi connectivity index (χ0) is 15.4. The van der Waals surface area contributed by atoms with E-state index in [-0.39, 0.29) is 24.0 Å². The minimum absolute atomic E-state index is 0.0861. The molecule has 7 nitrogen and oxygen atoms in total. The first kappa shape index (κ1) is 15.2. The standard InChI is InChI=1S/C12H14ClFN6O/c1-6(2)21-12-18-10(17-11(19-12)20-15)16-9-5-7(14)3-4-8(9)13/h3-6H,15H2,1-2H3,(H2,16,17,18,19,20). The van der Waals surface area contributed by atoms with E-state index in [4.69, 9.17) is 22.2 Å². The molecule has 0 aliphatic carbocycles. The Hall–Kier alpha value is -2.19. The maximum absolute atomic E-state index is 13.2. The van der Waals surface area contributed by atoms with E-state index in [1.807, 2.05) is 13.8 Å². The summed E-state index contributed by atoms with van der Waals surface area (Å²) >= 11 is 5.97. The van der Waals surface area contributed by atoms with Crippen LogP contribution >= 0.6 is 11.6 Å². The van der Waals surface area contributed by atoms with Crippen molar-refractivity contribution in [3.63, 3.8) is 0 Å². The zero-order valence-corrected chi connectivity index (χ0v) is 12.1. The van der Waals surface area contributed by atoms with Gasteiger partial charge in [0.15, 0.2) is 0 Å². The van der Waals surface area contributed by atoms with Crippen molar-refractivity contribution in [1.82, 2.24) is 15.0 Å². The molecule has 2 aromatic rings. The minimum Gasteiger partial charge on any atom is -0.461 e. The molecule has 0 saturated heterocycles. The molecule has 0 saturated carbocycles. The fourth-order valence-corrected chi connectivity index (χ4v) is 1.62. The van der Waals surface area contributed by atoms with Crippen LogP contribution in [-0.2, 0) is 0 Å². The highest BCUT2D eigenvalue weighted by Gasteiger charge is 2.10. The molecule has 0 amide bonds. The van der Waals surface area contributed by atoms with Crippen LogP contribution in [-0.4, -0.2) is 21.1 Å². The monoisotopic (exact) mass is 312 g/mol. The summed E-state index contributed by atoms with van der Waals surface area (Å²) < 4.78 is 18.6. The maximum atomic E-state index is 13.2. The highest BCUT2D eigenvalue weighted by atomic mass is 35.5. The molecule has 0 bridgehead atoms. The van der Waals surface area contributed by atoms with Crippen molar-refractivity contribution >= 4 is 29.2 Å². The van der Waals surface area contributed by atoms with Crippen molar-refractivity contribution in [2.75, 3.05) is 10.7 Å². The maximum Gasteiger partial charge on any atom is 0.323 e. The van der Waals surface area contributed by atoms with Crippen molar-refractivity contribution in [2.24, 2.45) is 5.84 Å². The van der Waals surface area contributed by atoms with Gasteiger partial charge in [0.25, 0.3) is 0 Å². The molecular weight excluding hydrogens is 299 g/mol. The smallest absolute Gasteiger partial charge is 0.323 e. The molecule has 1 heterocycles. The number of hydrogen-bond donors (Lipinski definition) is 3. The molecule has 0 atom stereocenters. The number of nitrogens with one attached hydrogen (secondary N) is 2. The van der Waals surface area contributed by atoms with Crippen LogP contribution in [0.2, 0.25) is 5.02 Å². The van der Waals surface area contributed by atoms with Gasteiger partial charge in [-0.2, -0.15) is 15.0 Å². The fourth-order valence-electron chi connectivity index (χ4n) is 1.45. The summed E-state index contributed by atoms with van der Waals surface area (Å²) in [6.07, 6.45) is -0.122. The number of nitrogens with zero attached hydrogens (tertiary/aromatic N) is 3. The van der Waals surface area contributed by atoms with Gasteiger partial charge in [-0.15, -0.1) is 0 Å². The van der Waals surface area contributed by atoms with Crippen LogP contribution in [0.15, 0.2) is 18.2 Å². The quantitative estimate of drug-likeness (QED) is 0.576. The predicted octanol–water partition coefficient (Wildman–Crippen LogP) is 2.48. The lowest BCUT2D eigenvalue weighted by molar-refractivity contribution is 0.222. The van der Waals surface area contributed by atoms with Crippen molar-refractivity contribution < 1.29 is 9.13 Å². The number of halogens is 2. The number of anilines is 3. The summed E-state index contributed by atoms with van der Waals surface area (Å²) in [4.78, 5) is 12.0. The normalized spacial score (nSPS) is 10.6. The lowest BCUT2D eigenvalue weighted by atomic mass is 10.3. The van der Waals surface area contributed by atoms with Crippen molar-refractivity contribution in [1.29, 1.82) is 0 Å². The lowest BCUT2D eigenvalue weighted by Gasteiger charge is -2.11. The first-order chi connectivity index (χ1) is 9.97. The highest BCUT2D eigenvalue weighted by molar-refractivity contribution is 6.33. The Kier molecular flexibility index (Phi) is 4.71. The van der Waals surface area contributed by atoms with Crippen LogP contribution < -0.4 is 21.3 Å². The van der Waals surface area contributed by atoms with E-state index in [2.05, 4.69) is 25.7 Å². The van der Waals surface area contributed by atoms with Gasteiger partial charge in [0.05, 0.1) is 16.8 Å². The number of nitrogen functional groups attached to an aromatic ring is 1. The SMILES string of the molecule is CC(C)Oc1nc(NN)nc(Nc2cc(F)ccc2Cl)n1. The Balaban J connectivity index is 2.32. The first-order valence-corrected chi connectivity index (χ1v) is 6.47. The van der Waals surface area contributed by atoms with E-state index in [9.17, 15) is 4.39 Å². The molecule has 0 aliphatic rings. The van der Waals surface area contributed by atoms with E-state index in [0.29, 0.717) is 10.7 Å². The molecule has 2 rings (SSSR count). The Bertz CT molecular complexity index is 639. The molecule has 1 aromatic heterocycles. The van der Waals surface area contributed by atoms with Crippen molar-refractivity contribution in [2.45, 2.75) is 20.0 Å². The predicted molar refractivity (Wildman–Crippen MR) is 78.1 cm³/mol. The molecule has 9 heteroatoms. The third-order valence-electron chi connectivity index (χ3n) is 2.26. The number of hydrazine groups is 1. The number of aromatic nitrogens is 3. The average Bonchev–Trinajstić information content (AvgIpc) is 2.42. The van der Waals surface area contributed by atoms with Gasteiger partial charge < -0.3 is 10.1 Å². The summed E-state index contributed by atoms with van der Waals surface area (Å²) in [5.74, 6) is 5.09. The van der Waals surface area contributed by atoms with Crippen LogP contribution in [0.25, 0.3) is 0 Å². The molecule has 4 N–H and O–H groups in total. The second-order valence-electron chi connectivity index (χ2n) is 4.33. The Labute approximate surface area is 125 Å². The Morgan fingerprint density at radius 1 is 1.24 bits per heavy atom. The largest absolute Gasteiger partial charge is 0.461 e. The fraction of sp³-hybridized carbons (Fsp3) is 0.250. The van der Waals surface area contributed by atoms with E-state index in [0.717, 1.165) is 0 Å². The van der Waals surface area contributed by atoms with Crippen molar-refractivity contribution in [3.8, 4) is 6.01 Å². The average molecular weight is 313 g/mol. The summed E-state index contributed by atoms with van der Waals surface area (Å²) in [6, 6.07) is 3.99. The van der Waals surface area contributed by atoms with E-state index < -0.39 is 5.82 Å². The van der Waals surface area contributed by atoms with Gasteiger partial charge in [-0.1, -0.05) is 11.6 Å². The molecule has 21 heavy (non-hydrogen) atoms. The van der Waals surface area contributed by atoms with Gasteiger partial charge in [-0.25, -0.2) is 10.2 Å². The topological polar surface area (TPSA) is 98.0 Å². The van der Waals surface area contributed by atoms with Gasteiger partial charge >= 0.3 is 6.01 Å². The number of benzene rings is 1. The van der Waals surface area contributed by atoms with Crippen LogP contribution in [0.5, 0.6) is 6.01 Å². The Morgan fingerprint density at radius 3 is 2.62 bits per heavy atom. The minimum atomic E-state index is -0.438. The second kappa shape index (κ2) is 6.51. The summed E-state index contributed by atoms with van der Waals surface area (Å²) in [5.41, 5.74) is 2.62. The third-order valence-corrected chi connectivity index (χ3v) is 2.59. The second-order valence-corrected chi connectivity index (χ2v) is 4.73.